The molecule has 0 radical (unpaired) electrons. The summed E-state index contributed by atoms with van der Waals surface area (Å²) >= 11 is 0. The van der Waals surface area contributed by atoms with E-state index in [1.54, 1.807) is 6.08 Å². The number of carbonyl (C=O) groups is 2. The Bertz CT molecular complexity index is 1380. The fourth-order valence-electron chi connectivity index (χ4n) is 4.95. The Morgan fingerprint density at radius 2 is 1.19 bits per heavy atom. The molecule has 0 spiro atoms. The Balaban J connectivity index is 4.63. The SMILES string of the molecule is CC/C=C\C/C=C\CC(O)/C=C/C=C\C/C=C\C/C=C\CCC(=O)OC[C@H](COP(=O)(O)OCC[N+](C)(C)C)OC(=O)CCCC/C=C\C/C=C\C/C=C\CCCCC. The van der Waals surface area contributed by atoms with E-state index in [2.05, 4.69) is 68.5 Å². The van der Waals surface area contributed by atoms with Crippen molar-refractivity contribution < 1.29 is 47.2 Å². The smallest absolute Gasteiger partial charge is 0.462 e. The molecule has 2 unspecified atom stereocenters. The van der Waals surface area contributed by atoms with Gasteiger partial charge in [-0.3, -0.25) is 18.6 Å². The highest BCUT2D eigenvalue weighted by Gasteiger charge is 2.27. The number of esters is 2. The minimum atomic E-state index is -4.42. The average Bonchev–Trinajstić information content (AvgIpc) is 3.18. The lowest BCUT2D eigenvalue weighted by Gasteiger charge is -2.24. The first-order valence-corrected chi connectivity index (χ1v) is 23.2. The van der Waals surface area contributed by atoms with Crippen LogP contribution in [0.4, 0.5) is 0 Å². The third-order valence-electron chi connectivity index (χ3n) is 8.38. The zero-order valence-electron chi connectivity index (χ0n) is 37.0. The Kier molecular flexibility index (Phi) is 36.6. The summed E-state index contributed by atoms with van der Waals surface area (Å²) in [7, 11) is 1.36. The number of ether oxygens (including phenoxy) is 2. The van der Waals surface area contributed by atoms with Gasteiger partial charge in [0.15, 0.2) is 6.10 Å². The Labute approximate surface area is 358 Å². The van der Waals surface area contributed by atoms with Crippen molar-refractivity contribution in [3.8, 4) is 0 Å². The van der Waals surface area contributed by atoms with Crippen LogP contribution in [0.2, 0.25) is 0 Å². The molecule has 0 aromatic heterocycles. The largest absolute Gasteiger partial charge is 0.472 e. The number of hydrogen-bond donors (Lipinski definition) is 2. The molecule has 0 aliphatic carbocycles. The fourth-order valence-corrected chi connectivity index (χ4v) is 5.69. The average molecular weight is 845 g/mol. The van der Waals surface area contributed by atoms with E-state index in [0.29, 0.717) is 30.3 Å². The second-order valence-electron chi connectivity index (χ2n) is 15.2. The quantitative estimate of drug-likeness (QED) is 0.0157. The van der Waals surface area contributed by atoms with Crippen molar-refractivity contribution >= 4 is 19.8 Å². The number of aliphatic hydroxyl groups is 1. The molecule has 11 heteroatoms. The number of likely N-dealkylation sites (N-methyl/N-ethyl adjacent to an activating group) is 1. The van der Waals surface area contributed by atoms with Crippen molar-refractivity contribution in [2.45, 2.75) is 135 Å². The summed E-state index contributed by atoms with van der Waals surface area (Å²) in [5, 5.41) is 10.0. The normalized spacial score (nSPS) is 15.2. The lowest BCUT2D eigenvalue weighted by molar-refractivity contribution is -0.870. The van der Waals surface area contributed by atoms with Gasteiger partial charge >= 0.3 is 19.8 Å². The van der Waals surface area contributed by atoms with E-state index >= 15 is 0 Å². The maximum Gasteiger partial charge on any atom is 0.472 e. The molecule has 0 aromatic carbocycles. The molecule has 0 bridgehead atoms. The standard InChI is InChI=1S/C48H78NO9P/c1-6-8-10-12-14-15-16-17-18-19-20-25-28-32-36-40-48(52)58-46(44-57-59(53,54)56-42-41-49(3,4)5)43-55-47(51)39-35-31-27-24-22-21-23-26-30-34-38-45(50)37-33-29-13-11-9-7-2/h9,11,14-15,17-18,20-22,25-27,29-31,33-34,38,45-46,50H,6-8,10,12-13,16,19,23-24,28,32,35-37,39-44H2,1-5H3/p+1/b11-9-,15-14-,18-17-,22-21-,25-20-,30-26-,31-27-,33-29-,38-34+/t45?,46-/m1/s1. The van der Waals surface area contributed by atoms with Crippen LogP contribution >= 0.6 is 7.82 Å². The maximum absolute atomic E-state index is 12.7. The molecule has 334 valence electrons. The summed E-state index contributed by atoms with van der Waals surface area (Å²) in [5.74, 6) is -0.985. The summed E-state index contributed by atoms with van der Waals surface area (Å²) in [5.41, 5.74) is 0. The molecule has 0 saturated carbocycles. The van der Waals surface area contributed by atoms with Crippen LogP contribution in [0.3, 0.4) is 0 Å². The highest BCUT2D eigenvalue weighted by molar-refractivity contribution is 7.47. The number of hydrogen-bond acceptors (Lipinski definition) is 8. The molecule has 0 heterocycles. The van der Waals surface area contributed by atoms with Gasteiger partial charge in [-0.2, -0.15) is 0 Å². The van der Waals surface area contributed by atoms with Gasteiger partial charge in [0.1, 0.15) is 19.8 Å². The Hall–Kier alpha value is -3.37. The van der Waals surface area contributed by atoms with Gasteiger partial charge in [-0.25, -0.2) is 4.57 Å². The van der Waals surface area contributed by atoms with Crippen LogP contribution in [-0.2, 0) is 32.7 Å². The van der Waals surface area contributed by atoms with Crippen LogP contribution < -0.4 is 0 Å². The van der Waals surface area contributed by atoms with E-state index in [1.807, 2.05) is 69.8 Å². The number of quaternary nitrogens is 1. The van der Waals surface area contributed by atoms with Crippen molar-refractivity contribution in [3.63, 3.8) is 0 Å². The molecule has 0 aromatic rings. The van der Waals surface area contributed by atoms with Crippen LogP contribution in [0.5, 0.6) is 0 Å². The predicted octanol–water partition coefficient (Wildman–Crippen LogP) is 11.3. The second-order valence-corrected chi connectivity index (χ2v) is 16.6. The number of phosphoric acid groups is 1. The number of carbonyl (C=O) groups excluding carboxylic acids is 2. The minimum absolute atomic E-state index is 0.00184. The van der Waals surface area contributed by atoms with E-state index < -0.39 is 38.6 Å². The molecule has 0 aliphatic rings. The van der Waals surface area contributed by atoms with Gasteiger partial charge in [0.25, 0.3) is 0 Å². The number of unbranched alkanes of at least 4 members (excludes halogenated alkanes) is 5. The second kappa shape index (κ2) is 38.8. The molecular formula is C48H79NO9P+. The number of phosphoric ester groups is 1. The van der Waals surface area contributed by atoms with Crippen LogP contribution in [0.15, 0.2) is 109 Å². The van der Waals surface area contributed by atoms with Gasteiger partial charge in [0.05, 0.1) is 33.9 Å². The topological polar surface area (TPSA) is 129 Å². The molecule has 10 nitrogen and oxygen atoms in total. The lowest BCUT2D eigenvalue weighted by atomic mass is 10.1. The summed E-state index contributed by atoms with van der Waals surface area (Å²) in [6, 6.07) is 0. The first-order valence-electron chi connectivity index (χ1n) is 21.7. The molecule has 0 fully saturated rings. The first kappa shape index (κ1) is 55.6. The van der Waals surface area contributed by atoms with Crippen molar-refractivity contribution in [1.29, 1.82) is 0 Å². The third kappa shape index (κ3) is 42.6. The number of aliphatic hydroxyl groups excluding tert-OH is 1. The number of allylic oxidation sites excluding steroid dienone is 16. The summed E-state index contributed by atoms with van der Waals surface area (Å²) in [4.78, 5) is 35.3. The Morgan fingerprint density at radius 1 is 0.627 bits per heavy atom. The van der Waals surface area contributed by atoms with Gasteiger partial charge in [-0.1, -0.05) is 136 Å². The molecule has 0 saturated heterocycles. The molecular weight excluding hydrogens is 765 g/mol. The molecule has 2 N–H and O–H groups in total. The highest BCUT2D eigenvalue weighted by atomic mass is 31.2. The monoisotopic (exact) mass is 845 g/mol. The van der Waals surface area contributed by atoms with Gasteiger partial charge < -0.3 is 24.0 Å². The van der Waals surface area contributed by atoms with E-state index in [1.165, 1.54) is 19.3 Å². The van der Waals surface area contributed by atoms with Crippen molar-refractivity contribution in [2.75, 3.05) is 47.5 Å². The van der Waals surface area contributed by atoms with Gasteiger partial charge in [0, 0.05) is 12.8 Å². The van der Waals surface area contributed by atoms with Crippen LogP contribution in [0, 0.1) is 0 Å². The molecule has 0 aliphatic heterocycles. The van der Waals surface area contributed by atoms with Gasteiger partial charge in [-0.15, -0.1) is 0 Å². The van der Waals surface area contributed by atoms with Gasteiger partial charge in [-0.05, 0) is 83.5 Å². The minimum Gasteiger partial charge on any atom is -0.462 e. The van der Waals surface area contributed by atoms with Crippen molar-refractivity contribution in [3.05, 3.63) is 109 Å². The number of nitrogens with zero attached hydrogens (tertiary/aromatic N) is 1. The number of rotatable bonds is 37. The fraction of sp³-hybridized carbons (Fsp3) is 0.583. The summed E-state index contributed by atoms with van der Waals surface area (Å²) in [6.45, 7) is 4.03. The highest BCUT2D eigenvalue weighted by Crippen LogP contribution is 2.43. The molecule has 3 atom stereocenters. The third-order valence-corrected chi connectivity index (χ3v) is 9.37. The molecule has 0 rings (SSSR count). The predicted molar refractivity (Wildman–Crippen MR) is 244 cm³/mol. The zero-order chi connectivity index (χ0) is 43.7. The van der Waals surface area contributed by atoms with E-state index in [4.69, 9.17) is 18.5 Å². The van der Waals surface area contributed by atoms with Crippen LogP contribution in [0.25, 0.3) is 0 Å². The summed E-state index contributed by atoms with van der Waals surface area (Å²) in [6.07, 6.45) is 49.0. The van der Waals surface area contributed by atoms with E-state index in [0.717, 1.165) is 57.8 Å². The van der Waals surface area contributed by atoms with Crippen LogP contribution in [0.1, 0.15) is 123 Å². The maximum atomic E-state index is 12.7. The molecule has 0 amide bonds. The summed E-state index contributed by atoms with van der Waals surface area (Å²) < 4.78 is 34.1. The zero-order valence-corrected chi connectivity index (χ0v) is 37.9. The Morgan fingerprint density at radius 3 is 1.80 bits per heavy atom. The van der Waals surface area contributed by atoms with E-state index in [9.17, 15) is 24.2 Å². The van der Waals surface area contributed by atoms with Gasteiger partial charge in [0.2, 0.25) is 0 Å². The molecule has 59 heavy (non-hydrogen) atoms. The lowest BCUT2D eigenvalue weighted by Crippen LogP contribution is -2.37. The van der Waals surface area contributed by atoms with Crippen molar-refractivity contribution in [1.82, 2.24) is 0 Å². The van der Waals surface area contributed by atoms with Crippen LogP contribution in [-0.4, -0.2) is 86.1 Å². The van der Waals surface area contributed by atoms with E-state index in [-0.39, 0.29) is 26.1 Å². The first-order chi connectivity index (χ1) is 28.4. The van der Waals surface area contributed by atoms with Crippen molar-refractivity contribution in [2.24, 2.45) is 0 Å².